The van der Waals surface area contributed by atoms with Crippen LogP contribution in [0.25, 0.3) is 0 Å². The molecule has 1 aliphatic rings. The van der Waals surface area contributed by atoms with Gasteiger partial charge < -0.3 is 5.32 Å². The topological polar surface area (TPSA) is 29.1 Å². The number of rotatable bonds is 2. The molecular weight excluding hydrogens is 298 g/mol. The van der Waals surface area contributed by atoms with Gasteiger partial charge in [-0.1, -0.05) is 22.0 Å². The van der Waals surface area contributed by atoms with E-state index < -0.39 is 0 Å². The molecule has 0 bridgehead atoms. The quantitative estimate of drug-likeness (QED) is 0.898. The van der Waals surface area contributed by atoms with E-state index in [1.807, 2.05) is 29.6 Å². The van der Waals surface area contributed by atoms with Crippen LogP contribution in [0, 0.1) is 0 Å². The fraction of sp³-hybridized carbons (Fsp3) is 0.154. The average Bonchev–Trinajstić information content (AvgIpc) is 2.90. The van der Waals surface area contributed by atoms with E-state index in [4.69, 9.17) is 0 Å². The summed E-state index contributed by atoms with van der Waals surface area (Å²) in [4.78, 5) is 13.2. The molecule has 1 N–H and O–H groups in total. The van der Waals surface area contributed by atoms with E-state index in [1.165, 1.54) is 4.88 Å². The number of benzene rings is 1. The van der Waals surface area contributed by atoms with Gasteiger partial charge in [-0.3, -0.25) is 4.79 Å². The number of nitrogens with one attached hydrogen (secondary N) is 1. The zero-order chi connectivity index (χ0) is 11.8. The maximum absolute atomic E-state index is 11.9. The average molecular weight is 308 g/mol. The second-order valence-corrected chi connectivity index (χ2v) is 6.00. The van der Waals surface area contributed by atoms with Crippen LogP contribution in [0.3, 0.4) is 0 Å². The SMILES string of the molecule is O=C1Nc2ccc(Br)cc2[C@H]1Cc1cccs1. The van der Waals surface area contributed by atoms with Crippen LogP contribution in [0.15, 0.2) is 40.2 Å². The molecule has 2 heterocycles. The first-order chi connectivity index (χ1) is 8.24. The number of anilines is 1. The molecule has 0 spiro atoms. The number of amides is 1. The Hall–Kier alpha value is -1.13. The number of halogens is 1. The minimum absolute atomic E-state index is 0.0545. The summed E-state index contributed by atoms with van der Waals surface area (Å²) in [6.07, 6.45) is 0.785. The van der Waals surface area contributed by atoms with E-state index in [-0.39, 0.29) is 11.8 Å². The molecule has 2 nitrogen and oxygen atoms in total. The van der Waals surface area contributed by atoms with E-state index in [0.29, 0.717) is 0 Å². The Labute approximate surface area is 112 Å². The Morgan fingerprint density at radius 1 is 1.35 bits per heavy atom. The van der Waals surface area contributed by atoms with Crippen molar-refractivity contribution in [2.75, 3.05) is 5.32 Å². The van der Waals surface area contributed by atoms with Gasteiger partial charge >= 0.3 is 0 Å². The van der Waals surface area contributed by atoms with Crippen LogP contribution in [0.4, 0.5) is 5.69 Å². The first-order valence-electron chi connectivity index (χ1n) is 5.37. The molecule has 0 saturated heterocycles. The molecule has 17 heavy (non-hydrogen) atoms. The Morgan fingerprint density at radius 2 is 2.24 bits per heavy atom. The van der Waals surface area contributed by atoms with Gasteiger partial charge in [-0.25, -0.2) is 0 Å². The largest absolute Gasteiger partial charge is 0.325 e. The molecule has 1 amide bonds. The first kappa shape index (κ1) is 11.0. The minimum Gasteiger partial charge on any atom is -0.325 e. The van der Waals surface area contributed by atoms with Gasteiger partial charge in [-0.05, 0) is 41.6 Å². The zero-order valence-corrected chi connectivity index (χ0v) is 11.3. The molecule has 0 saturated carbocycles. The van der Waals surface area contributed by atoms with Crippen LogP contribution in [0.2, 0.25) is 0 Å². The molecule has 1 aromatic carbocycles. The maximum atomic E-state index is 11.9. The van der Waals surface area contributed by atoms with Crippen LogP contribution in [0.5, 0.6) is 0 Å². The van der Waals surface area contributed by atoms with Gasteiger partial charge in [0.15, 0.2) is 0 Å². The highest BCUT2D eigenvalue weighted by atomic mass is 79.9. The Bertz CT molecular complexity index is 565. The molecule has 86 valence electrons. The summed E-state index contributed by atoms with van der Waals surface area (Å²) < 4.78 is 1.02. The third-order valence-corrected chi connectivity index (χ3v) is 4.34. The molecule has 1 atom stereocenters. The monoisotopic (exact) mass is 307 g/mol. The summed E-state index contributed by atoms with van der Waals surface area (Å²) in [6.45, 7) is 0. The van der Waals surface area contributed by atoms with Crippen molar-refractivity contribution in [1.29, 1.82) is 0 Å². The number of hydrogen-bond donors (Lipinski definition) is 1. The Kier molecular flexibility index (Phi) is 2.76. The standard InChI is InChI=1S/C13H10BrNOS/c14-8-3-4-12-10(6-8)11(13(16)15-12)7-9-2-1-5-17-9/h1-6,11H,7H2,(H,15,16)/t11-/m1/s1. The first-order valence-corrected chi connectivity index (χ1v) is 7.04. The van der Waals surface area contributed by atoms with Crippen molar-refractivity contribution in [1.82, 2.24) is 0 Å². The van der Waals surface area contributed by atoms with Crippen LogP contribution in [-0.2, 0) is 11.2 Å². The molecular formula is C13H10BrNOS. The number of thiophene rings is 1. The zero-order valence-electron chi connectivity index (χ0n) is 8.94. The summed E-state index contributed by atoms with van der Waals surface area (Å²) in [5, 5.41) is 4.98. The molecule has 2 aromatic rings. The highest BCUT2D eigenvalue weighted by Crippen LogP contribution is 2.37. The van der Waals surface area contributed by atoms with Crippen LogP contribution in [-0.4, -0.2) is 5.91 Å². The maximum Gasteiger partial charge on any atom is 0.232 e. The van der Waals surface area contributed by atoms with E-state index in [2.05, 4.69) is 27.3 Å². The lowest BCUT2D eigenvalue weighted by Gasteiger charge is -2.07. The third-order valence-electron chi connectivity index (χ3n) is 2.95. The van der Waals surface area contributed by atoms with Crippen LogP contribution < -0.4 is 5.32 Å². The molecule has 4 heteroatoms. The molecule has 0 fully saturated rings. The van der Waals surface area contributed by atoms with E-state index in [9.17, 15) is 4.79 Å². The summed E-state index contributed by atoms with van der Waals surface area (Å²) in [7, 11) is 0. The summed E-state index contributed by atoms with van der Waals surface area (Å²) in [6, 6.07) is 10.0. The smallest absolute Gasteiger partial charge is 0.232 e. The normalized spacial score (nSPS) is 17.9. The second-order valence-electron chi connectivity index (χ2n) is 4.06. The molecule has 0 aliphatic carbocycles. The van der Waals surface area contributed by atoms with Crippen molar-refractivity contribution in [3.8, 4) is 0 Å². The van der Waals surface area contributed by atoms with Gasteiger partial charge in [0.1, 0.15) is 0 Å². The van der Waals surface area contributed by atoms with Gasteiger partial charge in [-0.15, -0.1) is 11.3 Å². The van der Waals surface area contributed by atoms with Gasteiger partial charge in [0, 0.05) is 15.0 Å². The summed E-state index contributed by atoms with van der Waals surface area (Å²) in [5.74, 6) is 0.0487. The number of carbonyl (C=O) groups is 1. The molecule has 0 unspecified atom stereocenters. The summed E-state index contributed by atoms with van der Waals surface area (Å²) in [5.41, 5.74) is 2.04. The van der Waals surface area contributed by atoms with Crippen LogP contribution in [0.1, 0.15) is 16.4 Å². The predicted octanol–water partition coefficient (Wildman–Crippen LogP) is 3.79. The predicted molar refractivity (Wildman–Crippen MR) is 73.5 cm³/mol. The fourth-order valence-corrected chi connectivity index (χ4v) is 3.26. The van der Waals surface area contributed by atoms with Gasteiger partial charge in [-0.2, -0.15) is 0 Å². The van der Waals surface area contributed by atoms with Crippen molar-refractivity contribution >= 4 is 38.9 Å². The highest BCUT2D eigenvalue weighted by Gasteiger charge is 2.30. The van der Waals surface area contributed by atoms with E-state index in [1.54, 1.807) is 11.3 Å². The van der Waals surface area contributed by atoms with Crippen LogP contribution >= 0.6 is 27.3 Å². The molecule has 0 radical (unpaired) electrons. The Morgan fingerprint density at radius 3 is 3.00 bits per heavy atom. The molecule has 3 rings (SSSR count). The lowest BCUT2D eigenvalue weighted by Crippen LogP contribution is -2.13. The number of hydrogen-bond acceptors (Lipinski definition) is 2. The van der Waals surface area contributed by atoms with Crippen molar-refractivity contribution in [2.24, 2.45) is 0 Å². The van der Waals surface area contributed by atoms with Crippen molar-refractivity contribution < 1.29 is 4.79 Å². The lowest BCUT2D eigenvalue weighted by molar-refractivity contribution is -0.117. The highest BCUT2D eigenvalue weighted by molar-refractivity contribution is 9.10. The fourth-order valence-electron chi connectivity index (χ4n) is 2.13. The van der Waals surface area contributed by atoms with Gasteiger partial charge in [0.2, 0.25) is 5.91 Å². The van der Waals surface area contributed by atoms with E-state index >= 15 is 0 Å². The second kappa shape index (κ2) is 4.27. The van der Waals surface area contributed by atoms with Gasteiger partial charge in [0.25, 0.3) is 0 Å². The van der Waals surface area contributed by atoms with Crippen molar-refractivity contribution in [2.45, 2.75) is 12.3 Å². The minimum atomic E-state index is -0.0545. The van der Waals surface area contributed by atoms with E-state index in [0.717, 1.165) is 22.1 Å². The molecule has 1 aliphatic heterocycles. The summed E-state index contributed by atoms with van der Waals surface area (Å²) >= 11 is 5.15. The third kappa shape index (κ3) is 2.03. The van der Waals surface area contributed by atoms with Crippen molar-refractivity contribution in [3.05, 3.63) is 50.6 Å². The number of fused-ring (bicyclic) bond motifs is 1. The molecule has 1 aromatic heterocycles. The number of carbonyl (C=O) groups excluding carboxylic acids is 1. The van der Waals surface area contributed by atoms with Gasteiger partial charge in [0.05, 0.1) is 5.92 Å². The Balaban J connectivity index is 1.96. The van der Waals surface area contributed by atoms with Crippen molar-refractivity contribution in [3.63, 3.8) is 0 Å². The lowest BCUT2D eigenvalue weighted by atomic mass is 9.97.